The lowest BCUT2D eigenvalue weighted by atomic mass is 9.62. The van der Waals surface area contributed by atoms with Crippen molar-refractivity contribution < 1.29 is 18.3 Å². The van der Waals surface area contributed by atoms with Gasteiger partial charge in [-0.15, -0.1) is 12.4 Å². The van der Waals surface area contributed by atoms with E-state index in [2.05, 4.69) is 5.32 Å². The molecule has 7 heteroatoms. The Morgan fingerprint density at radius 2 is 2.00 bits per heavy atom. The molecule has 1 amide bonds. The fraction of sp³-hybridized carbons (Fsp3) is 0.588. The van der Waals surface area contributed by atoms with Crippen LogP contribution in [-0.4, -0.2) is 32.0 Å². The summed E-state index contributed by atoms with van der Waals surface area (Å²) < 4.78 is 31.6. The number of carbonyl (C=O) groups is 1. The first-order valence-electron chi connectivity index (χ1n) is 8.07. The third-order valence-electron chi connectivity index (χ3n) is 5.15. The van der Waals surface area contributed by atoms with Crippen molar-refractivity contribution in [3.8, 4) is 0 Å². The van der Waals surface area contributed by atoms with Gasteiger partial charge in [-0.2, -0.15) is 0 Å². The summed E-state index contributed by atoms with van der Waals surface area (Å²) in [5.74, 6) is -0.274. The highest BCUT2D eigenvalue weighted by molar-refractivity contribution is 5.92. The molecule has 4 nitrogen and oxygen atoms in total. The predicted octanol–water partition coefficient (Wildman–Crippen LogP) is 2.70. The van der Waals surface area contributed by atoms with Crippen LogP contribution in [0.4, 0.5) is 8.78 Å². The van der Waals surface area contributed by atoms with Gasteiger partial charge in [0.1, 0.15) is 12.2 Å². The maximum atomic E-state index is 12.8. The van der Waals surface area contributed by atoms with Gasteiger partial charge in [0.05, 0.1) is 0 Å². The SMILES string of the molecule is Cl.NC(=O)c1cccc(C2(OCC(F)F)C3CCCC2CNC3)c1. The molecule has 1 saturated heterocycles. The number of nitrogens with two attached hydrogens (primary N) is 1. The maximum Gasteiger partial charge on any atom is 0.261 e. The average Bonchev–Trinajstić information content (AvgIpc) is 2.52. The van der Waals surface area contributed by atoms with Crippen molar-refractivity contribution in [1.82, 2.24) is 5.32 Å². The number of halogens is 3. The molecule has 3 N–H and O–H groups in total. The molecule has 2 unspecified atom stereocenters. The highest BCUT2D eigenvalue weighted by atomic mass is 35.5. The molecule has 0 spiro atoms. The second-order valence-electron chi connectivity index (χ2n) is 6.42. The van der Waals surface area contributed by atoms with Crippen molar-refractivity contribution in [2.24, 2.45) is 17.6 Å². The number of carbonyl (C=O) groups excluding carboxylic acids is 1. The van der Waals surface area contributed by atoms with Crippen LogP contribution in [0.3, 0.4) is 0 Å². The van der Waals surface area contributed by atoms with Crippen LogP contribution in [0.1, 0.15) is 35.2 Å². The Balaban J connectivity index is 0.00000208. The zero-order valence-corrected chi connectivity index (χ0v) is 14.2. The lowest BCUT2D eigenvalue weighted by Crippen LogP contribution is -2.58. The summed E-state index contributed by atoms with van der Waals surface area (Å²) in [6.45, 7) is 0.884. The lowest BCUT2D eigenvalue weighted by Gasteiger charge is -2.53. The van der Waals surface area contributed by atoms with Crippen LogP contribution in [-0.2, 0) is 10.3 Å². The molecule has 1 aromatic carbocycles. The van der Waals surface area contributed by atoms with Gasteiger partial charge in [-0.1, -0.05) is 18.6 Å². The van der Waals surface area contributed by atoms with E-state index in [1.165, 1.54) is 0 Å². The van der Waals surface area contributed by atoms with Gasteiger partial charge in [0.15, 0.2) is 0 Å². The number of hydrogen-bond acceptors (Lipinski definition) is 3. The van der Waals surface area contributed by atoms with Crippen LogP contribution in [0.5, 0.6) is 0 Å². The number of amides is 1. The van der Waals surface area contributed by atoms with E-state index < -0.39 is 24.5 Å². The van der Waals surface area contributed by atoms with Gasteiger partial charge in [0, 0.05) is 30.5 Å². The van der Waals surface area contributed by atoms with Crippen molar-refractivity contribution in [1.29, 1.82) is 0 Å². The smallest absolute Gasteiger partial charge is 0.261 e. The van der Waals surface area contributed by atoms with E-state index in [1.54, 1.807) is 18.2 Å². The fourth-order valence-electron chi connectivity index (χ4n) is 4.22. The van der Waals surface area contributed by atoms with E-state index in [4.69, 9.17) is 10.5 Å². The van der Waals surface area contributed by atoms with Crippen molar-refractivity contribution >= 4 is 18.3 Å². The van der Waals surface area contributed by atoms with Crippen LogP contribution in [0.25, 0.3) is 0 Å². The minimum Gasteiger partial charge on any atom is -0.366 e. The van der Waals surface area contributed by atoms with Crippen LogP contribution in [0, 0.1) is 11.8 Å². The van der Waals surface area contributed by atoms with Gasteiger partial charge >= 0.3 is 0 Å². The van der Waals surface area contributed by atoms with Gasteiger partial charge in [-0.3, -0.25) is 4.79 Å². The summed E-state index contributed by atoms with van der Waals surface area (Å²) in [5, 5.41) is 3.38. The summed E-state index contributed by atoms with van der Waals surface area (Å²) in [6.07, 6.45) is 0.412. The lowest BCUT2D eigenvalue weighted by molar-refractivity contribution is -0.183. The van der Waals surface area contributed by atoms with Gasteiger partial charge in [-0.05, 0) is 30.5 Å². The van der Waals surface area contributed by atoms with E-state index >= 15 is 0 Å². The van der Waals surface area contributed by atoms with E-state index in [-0.39, 0.29) is 24.2 Å². The second-order valence-corrected chi connectivity index (χ2v) is 6.42. The first-order chi connectivity index (χ1) is 11.0. The number of alkyl halides is 2. The first kappa shape index (κ1) is 19.1. The Morgan fingerprint density at radius 1 is 1.33 bits per heavy atom. The topological polar surface area (TPSA) is 64.4 Å². The first-order valence-corrected chi connectivity index (χ1v) is 8.07. The van der Waals surface area contributed by atoms with Gasteiger partial charge in [-0.25, -0.2) is 8.78 Å². The number of hydrogen-bond donors (Lipinski definition) is 2. The number of rotatable bonds is 5. The number of piperidine rings is 1. The normalized spacial score (nSPS) is 29.1. The standard InChI is InChI=1S/C17H22F2N2O2.ClH/c18-15(19)10-23-17(12-4-1-3-11(7-12)16(20)22)13-5-2-6-14(17)9-21-8-13;/h1,3-4,7,13-15,21H,2,5-6,8-10H2,(H2,20,22);1H. The maximum absolute atomic E-state index is 12.8. The van der Waals surface area contributed by atoms with E-state index in [0.29, 0.717) is 5.56 Å². The number of fused-ring (bicyclic) bond motifs is 2. The van der Waals surface area contributed by atoms with Crippen LogP contribution < -0.4 is 11.1 Å². The highest BCUT2D eigenvalue weighted by Crippen LogP contribution is 2.50. The van der Waals surface area contributed by atoms with E-state index in [1.807, 2.05) is 6.07 Å². The van der Waals surface area contributed by atoms with Crippen molar-refractivity contribution in [2.75, 3.05) is 19.7 Å². The van der Waals surface area contributed by atoms with Crippen LogP contribution >= 0.6 is 12.4 Å². The Kier molecular flexibility index (Phi) is 6.17. The molecule has 2 fully saturated rings. The number of nitrogens with one attached hydrogen (secondary N) is 1. The molecule has 1 aliphatic carbocycles. The zero-order valence-electron chi connectivity index (χ0n) is 13.3. The highest BCUT2D eigenvalue weighted by Gasteiger charge is 2.52. The molecule has 24 heavy (non-hydrogen) atoms. The van der Waals surface area contributed by atoms with Crippen LogP contribution in [0.2, 0.25) is 0 Å². The third kappa shape index (κ3) is 3.41. The third-order valence-corrected chi connectivity index (χ3v) is 5.15. The van der Waals surface area contributed by atoms with E-state index in [0.717, 1.165) is 37.9 Å². The predicted molar refractivity (Wildman–Crippen MR) is 89.5 cm³/mol. The number of benzene rings is 1. The summed E-state index contributed by atoms with van der Waals surface area (Å²) in [7, 11) is 0. The van der Waals surface area contributed by atoms with Crippen molar-refractivity contribution in [2.45, 2.75) is 31.3 Å². The second kappa shape index (κ2) is 7.76. The van der Waals surface area contributed by atoms with Gasteiger partial charge in [0.2, 0.25) is 5.91 Å². The molecule has 0 radical (unpaired) electrons. The average molecular weight is 361 g/mol. The molecule has 134 valence electrons. The van der Waals surface area contributed by atoms with Gasteiger partial charge < -0.3 is 15.8 Å². The fourth-order valence-corrected chi connectivity index (χ4v) is 4.22. The molecule has 2 atom stereocenters. The molecule has 0 aromatic heterocycles. The molecule has 2 aliphatic rings. The minimum atomic E-state index is -2.51. The number of primary amides is 1. The summed E-state index contributed by atoms with van der Waals surface area (Å²) >= 11 is 0. The Morgan fingerprint density at radius 3 is 2.58 bits per heavy atom. The Bertz CT molecular complexity index is 563. The minimum absolute atomic E-state index is 0. The van der Waals surface area contributed by atoms with E-state index in [9.17, 15) is 13.6 Å². The molecule has 1 aliphatic heterocycles. The summed E-state index contributed by atoms with van der Waals surface area (Å²) in [6, 6.07) is 6.98. The molecular weight excluding hydrogens is 338 g/mol. The molecule has 1 saturated carbocycles. The zero-order chi connectivity index (χ0) is 16.4. The van der Waals surface area contributed by atoms with Crippen LogP contribution in [0.15, 0.2) is 24.3 Å². The molecule has 1 aromatic rings. The molecule has 1 heterocycles. The monoisotopic (exact) mass is 360 g/mol. The van der Waals surface area contributed by atoms with Crippen molar-refractivity contribution in [3.05, 3.63) is 35.4 Å². The Labute approximate surface area is 146 Å². The molecule has 3 rings (SSSR count). The molecular formula is C17H23ClF2N2O2. The van der Waals surface area contributed by atoms with Crippen molar-refractivity contribution in [3.63, 3.8) is 0 Å². The molecule has 2 bridgehead atoms. The largest absolute Gasteiger partial charge is 0.366 e. The summed E-state index contributed by atoms with van der Waals surface area (Å²) in [4.78, 5) is 11.5. The quantitative estimate of drug-likeness (QED) is 0.848. The van der Waals surface area contributed by atoms with Gasteiger partial charge in [0.25, 0.3) is 6.43 Å². The Hall–Kier alpha value is -1.24. The summed E-state index contributed by atoms with van der Waals surface area (Å²) in [5.41, 5.74) is 5.81. The number of ether oxygens (including phenoxy) is 1.